The topological polar surface area (TPSA) is 91.0 Å². The van der Waals surface area contributed by atoms with E-state index in [0.717, 1.165) is 78.0 Å². The summed E-state index contributed by atoms with van der Waals surface area (Å²) in [6.45, 7) is 6.08. The van der Waals surface area contributed by atoms with Crippen molar-refractivity contribution in [3.8, 4) is 0 Å². The van der Waals surface area contributed by atoms with Crippen molar-refractivity contribution in [3.05, 3.63) is 24.3 Å². The molecule has 0 aromatic heterocycles. The molecule has 0 bridgehead atoms. The molecular weight excluding hydrogens is 392 g/mol. The van der Waals surface area contributed by atoms with Crippen molar-refractivity contribution in [3.63, 3.8) is 0 Å². The molecule has 2 aliphatic heterocycles. The van der Waals surface area contributed by atoms with Crippen LogP contribution in [0.3, 0.4) is 0 Å². The number of carbonyl (C=O) groups is 1. The number of urea groups is 1. The Morgan fingerprint density at radius 2 is 1.62 bits per heavy atom. The normalized spacial score (nSPS) is 19.0. The summed E-state index contributed by atoms with van der Waals surface area (Å²) in [5.74, 6) is 0. The first-order valence-electron chi connectivity index (χ1n) is 10.5. The van der Waals surface area contributed by atoms with Crippen LogP contribution in [0.2, 0.25) is 0 Å². The molecule has 0 aliphatic carbocycles. The van der Waals surface area contributed by atoms with Gasteiger partial charge in [-0.2, -0.15) is 0 Å². The highest BCUT2D eigenvalue weighted by Gasteiger charge is 2.17. The van der Waals surface area contributed by atoms with E-state index < -0.39 is 10.0 Å². The molecule has 2 heterocycles. The molecule has 0 radical (unpaired) electrons. The zero-order chi connectivity index (χ0) is 20.5. The molecule has 2 saturated heterocycles. The Balaban J connectivity index is 1.45. The molecule has 29 heavy (non-hydrogen) atoms. The third-order valence-corrected chi connectivity index (χ3v) is 6.83. The van der Waals surface area contributed by atoms with Gasteiger partial charge in [0.1, 0.15) is 0 Å². The van der Waals surface area contributed by atoms with Crippen LogP contribution in [0.4, 0.5) is 10.5 Å². The number of ether oxygens (including phenoxy) is 1. The van der Waals surface area contributed by atoms with E-state index in [1.54, 1.807) is 12.1 Å². The molecule has 0 unspecified atom stereocenters. The van der Waals surface area contributed by atoms with Crippen LogP contribution in [0.15, 0.2) is 29.2 Å². The maximum atomic E-state index is 12.5. The summed E-state index contributed by atoms with van der Waals surface area (Å²) in [5.41, 5.74) is 0.602. The van der Waals surface area contributed by atoms with Gasteiger partial charge in [0.2, 0.25) is 10.0 Å². The molecule has 162 valence electrons. The van der Waals surface area contributed by atoms with E-state index in [9.17, 15) is 13.2 Å². The molecule has 2 aliphatic rings. The van der Waals surface area contributed by atoms with E-state index in [-0.39, 0.29) is 10.9 Å². The van der Waals surface area contributed by atoms with Gasteiger partial charge < -0.3 is 15.0 Å². The van der Waals surface area contributed by atoms with Gasteiger partial charge in [0.05, 0.1) is 18.1 Å². The fourth-order valence-electron chi connectivity index (χ4n) is 3.61. The van der Waals surface area contributed by atoms with Crippen molar-refractivity contribution in [2.75, 3.05) is 57.8 Å². The lowest BCUT2D eigenvalue weighted by Gasteiger charge is -2.26. The molecule has 0 atom stereocenters. The van der Waals surface area contributed by atoms with Crippen LogP contribution in [0.5, 0.6) is 0 Å². The minimum atomic E-state index is -3.55. The van der Waals surface area contributed by atoms with Crippen molar-refractivity contribution in [2.45, 2.75) is 37.0 Å². The van der Waals surface area contributed by atoms with Gasteiger partial charge in [-0.05, 0) is 50.1 Å². The quantitative estimate of drug-likeness (QED) is 0.654. The van der Waals surface area contributed by atoms with Gasteiger partial charge in [-0.25, -0.2) is 17.9 Å². The number of nitrogens with zero attached hydrogens (tertiary/aromatic N) is 2. The summed E-state index contributed by atoms with van der Waals surface area (Å²) in [7, 11) is -3.55. The average Bonchev–Trinajstić information content (AvgIpc) is 3.02. The Hall–Kier alpha value is -1.68. The van der Waals surface area contributed by atoms with E-state index in [2.05, 4.69) is 14.9 Å². The second-order valence-electron chi connectivity index (χ2n) is 7.56. The molecule has 0 spiro atoms. The second kappa shape index (κ2) is 10.9. The summed E-state index contributed by atoms with van der Waals surface area (Å²) in [6.07, 6.45) is 5.14. The van der Waals surface area contributed by atoms with Gasteiger partial charge in [-0.3, -0.25) is 4.90 Å². The number of benzene rings is 1. The molecular formula is C20H32N4O4S. The van der Waals surface area contributed by atoms with Crippen molar-refractivity contribution in [1.29, 1.82) is 0 Å². The number of morpholine rings is 1. The van der Waals surface area contributed by atoms with Gasteiger partial charge in [0.15, 0.2) is 0 Å². The third kappa shape index (κ3) is 6.95. The number of likely N-dealkylation sites (tertiary alicyclic amines) is 1. The Bertz CT molecular complexity index is 740. The van der Waals surface area contributed by atoms with Crippen LogP contribution in [-0.2, 0) is 14.8 Å². The number of hydrogen-bond donors (Lipinski definition) is 2. The van der Waals surface area contributed by atoms with Crippen molar-refractivity contribution in [2.24, 2.45) is 0 Å². The fourth-order valence-corrected chi connectivity index (χ4v) is 4.69. The largest absolute Gasteiger partial charge is 0.379 e. The molecule has 3 rings (SSSR count). The van der Waals surface area contributed by atoms with Crippen molar-refractivity contribution >= 4 is 21.7 Å². The Morgan fingerprint density at radius 1 is 0.966 bits per heavy atom. The summed E-state index contributed by atoms with van der Waals surface area (Å²) >= 11 is 0. The van der Waals surface area contributed by atoms with Crippen LogP contribution < -0.4 is 10.0 Å². The third-order valence-electron chi connectivity index (χ3n) is 5.36. The maximum Gasteiger partial charge on any atom is 0.321 e. The lowest BCUT2D eigenvalue weighted by Crippen LogP contribution is -2.38. The Kier molecular flexibility index (Phi) is 8.29. The Morgan fingerprint density at radius 3 is 2.28 bits per heavy atom. The van der Waals surface area contributed by atoms with E-state index >= 15 is 0 Å². The number of nitrogens with one attached hydrogen (secondary N) is 2. The molecule has 2 fully saturated rings. The van der Waals surface area contributed by atoms with Gasteiger partial charge in [-0.1, -0.05) is 12.8 Å². The highest BCUT2D eigenvalue weighted by molar-refractivity contribution is 7.89. The van der Waals surface area contributed by atoms with Crippen molar-refractivity contribution < 1.29 is 17.9 Å². The monoisotopic (exact) mass is 424 g/mol. The van der Waals surface area contributed by atoms with Gasteiger partial charge >= 0.3 is 6.03 Å². The number of anilines is 1. The smallest absolute Gasteiger partial charge is 0.321 e. The van der Waals surface area contributed by atoms with E-state index in [0.29, 0.717) is 12.2 Å². The van der Waals surface area contributed by atoms with Crippen LogP contribution in [0, 0.1) is 0 Å². The van der Waals surface area contributed by atoms with E-state index in [4.69, 9.17) is 4.74 Å². The molecule has 1 aromatic rings. The average molecular weight is 425 g/mol. The minimum absolute atomic E-state index is 0.122. The molecule has 0 saturated carbocycles. The predicted octanol–water partition coefficient (Wildman–Crippen LogP) is 2.10. The lowest BCUT2D eigenvalue weighted by atomic mass is 10.2. The van der Waals surface area contributed by atoms with Crippen molar-refractivity contribution in [1.82, 2.24) is 14.5 Å². The van der Waals surface area contributed by atoms with E-state index in [1.165, 1.54) is 12.1 Å². The van der Waals surface area contributed by atoms with Crippen LogP contribution in [0.1, 0.15) is 32.1 Å². The zero-order valence-corrected chi connectivity index (χ0v) is 17.8. The maximum absolute atomic E-state index is 12.5. The molecule has 2 N–H and O–H groups in total. The summed E-state index contributed by atoms with van der Waals surface area (Å²) < 4.78 is 32.9. The SMILES string of the molecule is O=C(Nc1ccc(S(=O)(=O)NCCCN2CCOCC2)cc1)N1CCCCCC1. The predicted molar refractivity (Wildman–Crippen MR) is 113 cm³/mol. The standard InChI is InChI=1S/C20H32N4O4S/c25-20(24-12-3-1-2-4-13-24)22-18-6-8-19(9-7-18)29(26,27)21-10-5-11-23-14-16-28-17-15-23/h6-9,21H,1-5,10-17H2,(H,22,25). The molecule has 9 heteroatoms. The van der Waals surface area contributed by atoms with Gasteiger partial charge in [-0.15, -0.1) is 0 Å². The zero-order valence-electron chi connectivity index (χ0n) is 16.9. The number of amides is 2. The number of sulfonamides is 1. The van der Waals surface area contributed by atoms with Gasteiger partial charge in [0, 0.05) is 38.4 Å². The first-order valence-corrected chi connectivity index (χ1v) is 12.0. The number of hydrogen-bond acceptors (Lipinski definition) is 5. The summed E-state index contributed by atoms with van der Waals surface area (Å²) in [6, 6.07) is 6.21. The number of rotatable bonds is 7. The lowest BCUT2D eigenvalue weighted by molar-refractivity contribution is 0.0376. The fraction of sp³-hybridized carbons (Fsp3) is 0.650. The number of carbonyl (C=O) groups excluding carboxylic acids is 1. The summed E-state index contributed by atoms with van der Waals surface area (Å²) in [5, 5.41) is 2.86. The highest BCUT2D eigenvalue weighted by Crippen LogP contribution is 2.16. The van der Waals surface area contributed by atoms with E-state index in [1.807, 2.05) is 4.90 Å². The Labute approximate surface area is 173 Å². The molecule has 2 amide bonds. The highest BCUT2D eigenvalue weighted by atomic mass is 32.2. The first kappa shape index (κ1) is 22.0. The molecule has 8 nitrogen and oxygen atoms in total. The first-order chi connectivity index (χ1) is 14.0. The minimum Gasteiger partial charge on any atom is -0.379 e. The van der Waals surface area contributed by atoms with Crippen LogP contribution in [-0.4, -0.2) is 76.7 Å². The van der Waals surface area contributed by atoms with Crippen LogP contribution >= 0.6 is 0 Å². The van der Waals surface area contributed by atoms with Gasteiger partial charge in [0.25, 0.3) is 0 Å². The summed E-state index contributed by atoms with van der Waals surface area (Å²) in [4.78, 5) is 16.7. The molecule has 1 aromatic carbocycles. The van der Waals surface area contributed by atoms with Crippen LogP contribution in [0.25, 0.3) is 0 Å². The second-order valence-corrected chi connectivity index (χ2v) is 9.33.